The number of hydrogen-bond acceptors (Lipinski definition) is 3. The van der Waals surface area contributed by atoms with E-state index < -0.39 is 0 Å². The molecule has 3 saturated heterocycles. The van der Waals surface area contributed by atoms with Crippen LogP contribution in [0.15, 0.2) is 12.3 Å². The first-order valence-corrected chi connectivity index (χ1v) is 8.85. The monoisotopic (exact) mass is 319 g/mol. The van der Waals surface area contributed by atoms with Crippen LogP contribution in [0.5, 0.6) is 0 Å². The largest absolute Gasteiger partial charge is 0.450 e. The topological polar surface area (TPSA) is 47.4 Å². The van der Waals surface area contributed by atoms with Gasteiger partial charge in [0.2, 0.25) is 0 Å². The van der Waals surface area contributed by atoms with Crippen LogP contribution in [0.2, 0.25) is 0 Å². The Kier molecular flexibility index (Phi) is 3.41. The van der Waals surface area contributed by atoms with Gasteiger partial charge < -0.3 is 9.22 Å². The van der Waals surface area contributed by atoms with Gasteiger partial charge in [-0.25, -0.2) is 4.79 Å². The van der Waals surface area contributed by atoms with Crippen molar-refractivity contribution in [3.63, 3.8) is 0 Å². The third kappa shape index (κ3) is 2.26. The number of piperidine rings is 1. The lowest BCUT2D eigenvalue weighted by Crippen LogP contribution is -2.85. The summed E-state index contributed by atoms with van der Waals surface area (Å²) in [5.41, 5.74) is 1.49. The zero-order chi connectivity index (χ0) is 16.1. The van der Waals surface area contributed by atoms with E-state index in [1.54, 1.807) is 0 Å². The first-order chi connectivity index (χ1) is 11.1. The van der Waals surface area contributed by atoms with Crippen LogP contribution in [0.4, 0.5) is 4.79 Å². The van der Waals surface area contributed by atoms with Gasteiger partial charge in [-0.2, -0.15) is 5.10 Å². The number of carbonyl (C=O) groups is 1. The van der Waals surface area contributed by atoms with Gasteiger partial charge in [0.1, 0.15) is 18.6 Å². The molecule has 3 aliphatic rings. The van der Waals surface area contributed by atoms with E-state index >= 15 is 0 Å². The van der Waals surface area contributed by atoms with Gasteiger partial charge in [-0.15, -0.1) is 0 Å². The van der Waals surface area contributed by atoms with E-state index in [4.69, 9.17) is 4.74 Å². The summed E-state index contributed by atoms with van der Waals surface area (Å²) in [7, 11) is 2.04. The van der Waals surface area contributed by atoms with Gasteiger partial charge in [0.05, 0.1) is 19.7 Å². The summed E-state index contributed by atoms with van der Waals surface area (Å²) >= 11 is 0. The highest BCUT2D eigenvalue weighted by Crippen LogP contribution is 2.47. The Morgan fingerprint density at radius 2 is 2.17 bits per heavy atom. The summed E-state index contributed by atoms with van der Waals surface area (Å²) in [6.07, 6.45) is 5.40. The Bertz CT molecular complexity index is 595. The van der Waals surface area contributed by atoms with E-state index in [0.717, 1.165) is 26.1 Å². The maximum Gasteiger partial charge on any atom is 0.410 e. The summed E-state index contributed by atoms with van der Waals surface area (Å²) < 4.78 is 8.42. The standard InChI is InChI=1S/C17H27N4O2/c1-3-23-16(22)20-9-7-17(20)12-21(13-17)10-5-14(6-11-21)15-4-8-18-19(15)2/h4,8,14H,3,5-7,9-13H2,1-2H3/q+1. The summed E-state index contributed by atoms with van der Waals surface area (Å²) in [6, 6.07) is 2.16. The zero-order valence-electron chi connectivity index (χ0n) is 14.2. The van der Waals surface area contributed by atoms with Crippen molar-refractivity contribution in [2.75, 3.05) is 39.3 Å². The van der Waals surface area contributed by atoms with E-state index in [0.29, 0.717) is 12.5 Å². The Balaban J connectivity index is 1.36. The fourth-order valence-corrected chi connectivity index (χ4v) is 5.07. The minimum absolute atomic E-state index is 0.110. The number of ether oxygens (including phenoxy) is 1. The van der Waals surface area contributed by atoms with E-state index in [1.807, 2.05) is 29.7 Å². The van der Waals surface area contributed by atoms with E-state index in [2.05, 4.69) is 11.2 Å². The van der Waals surface area contributed by atoms with Crippen molar-refractivity contribution in [2.24, 2.45) is 7.05 Å². The van der Waals surface area contributed by atoms with Crippen molar-refractivity contribution in [1.29, 1.82) is 0 Å². The number of hydrogen-bond donors (Lipinski definition) is 0. The smallest absolute Gasteiger partial charge is 0.410 e. The Hall–Kier alpha value is -1.56. The van der Waals surface area contributed by atoms with Crippen molar-refractivity contribution in [3.8, 4) is 0 Å². The van der Waals surface area contributed by atoms with Gasteiger partial charge in [-0.3, -0.25) is 9.58 Å². The van der Waals surface area contributed by atoms with Crippen molar-refractivity contribution >= 4 is 6.09 Å². The van der Waals surface area contributed by atoms with Gasteiger partial charge in [0.15, 0.2) is 0 Å². The molecule has 1 amide bonds. The zero-order valence-corrected chi connectivity index (χ0v) is 14.2. The molecular formula is C17H27N4O2+. The molecule has 0 saturated carbocycles. The quantitative estimate of drug-likeness (QED) is 0.780. The fourth-order valence-electron chi connectivity index (χ4n) is 5.07. The molecule has 0 N–H and O–H groups in total. The van der Waals surface area contributed by atoms with Crippen LogP contribution in [0.3, 0.4) is 0 Å². The van der Waals surface area contributed by atoms with Crippen molar-refractivity contribution in [3.05, 3.63) is 18.0 Å². The molecule has 6 heteroatoms. The third-order valence-corrected chi connectivity index (χ3v) is 6.30. The lowest BCUT2D eigenvalue weighted by Gasteiger charge is -2.66. The minimum Gasteiger partial charge on any atom is -0.450 e. The van der Waals surface area contributed by atoms with Gasteiger partial charge in [0.25, 0.3) is 0 Å². The minimum atomic E-state index is -0.110. The van der Waals surface area contributed by atoms with Crippen LogP contribution in [-0.2, 0) is 11.8 Å². The second-order valence-corrected chi connectivity index (χ2v) is 7.58. The Morgan fingerprint density at radius 3 is 2.70 bits per heavy atom. The van der Waals surface area contributed by atoms with Gasteiger partial charge >= 0.3 is 6.09 Å². The molecule has 4 heterocycles. The summed E-state index contributed by atoms with van der Waals surface area (Å²) in [4.78, 5) is 14.0. The molecule has 6 nitrogen and oxygen atoms in total. The molecule has 3 aliphatic heterocycles. The molecule has 0 radical (unpaired) electrons. The Labute approximate surface area is 137 Å². The first kappa shape index (κ1) is 15.0. The van der Waals surface area contributed by atoms with Gasteiger partial charge in [-0.1, -0.05) is 0 Å². The van der Waals surface area contributed by atoms with E-state index in [9.17, 15) is 4.79 Å². The molecule has 2 spiro atoms. The summed E-state index contributed by atoms with van der Waals surface area (Å²) in [5.74, 6) is 0.644. The van der Waals surface area contributed by atoms with Gasteiger partial charge in [-0.05, 0) is 19.4 Å². The van der Waals surface area contributed by atoms with Crippen LogP contribution in [0, 0.1) is 0 Å². The maximum absolute atomic E-state index is 12.0. The highest BCUT2D eigenvalue weighted by Gasteiger charge is 2.65. The predicted molar refractivity (Wildman–Crippen MR) is 86.0 cm³/mol. The molecule has 126 valence electrons. The normalized spacial score (nSPS) is 35.9. The average Bonchev–Trinajstić information content (AvgIpc) is 2.90. The molecular weight excluding hydrogens is 292 g/mol. The molecule has 4 rings (SSSR count). The number of quaternary nitrogens is 1. The number of amides is 1. The van der Waals surface area contributed by atoms with Crippen LogP contribution >= 0.6 is 0 Å². The molecule has 3 fully saturated rings. The lowest BCUT2D eigenvalue weighted by atomic mass is 9.73. The van der Waals surface area contributed by atoms with Crippen molar-refractivity contribution < 1.29 is 14.0 Å². The number of aromatic nitrogens is 2. The molecule has 1 aromatic heterocycles. The van der Waals surface area contributed by atoms with Crippen LogP contribution < -0.4 is 0 Å². The number of aryl methyl sites for hydroxylation is 1. The van der Waals surface area contributed by atoms with Crippen LogP contribution in [0.1, 0.15) is 37.8 Å². The third-order valence-electron chi connectivity index (χ3n) is 6.30. The second kappa shape index (κ2) is 5.23. The van der Waals surface area contributed by atoms with E-state index in [1.165, 1.54) is 36.1 Å². The molecule has 0 bridgehead atoms. The lowest BCUT2D eigenvalue weighted by molar-refractivity contribution is -0.984. The molecule has 0 atom stereocenters. The van der Waals surface area contributed by atoms with E-state index in [-0.39, 0.29) is 11.6 Å². The summed E-state index contributed by atoms with van der Waals surface area (Å²) in [5, 5.41) is 4.31. The number of carbonyl (C=O) groups excluding carboxylic acids is 1. The molecule has 0 aromatic carbocycles. The fraction of sp³-hybridized carbons (Fsp3) is 0.765. The molecule has 0 aliphatic carbocycles. The van der Waals surface area contributed by atoms with Crippen LogP contribution in [0.25, 0.3) is 0 Å². The average molecular weight is 319 g/mol. The molecule has 1 aromatic rings. The molecule has 23 heavy (non-hydrogen) atoms. The van der Waals surface area contributed by atoms with Gasteiger partial charge in [0, 0.05) is 44.2 Å². The number of likely N-dealkylation sites (tertiary alicyclic amines) is 1. The maximum atomic E-state index is 12.0. The number of nitrogens with zero attached hydrogens (tertiary/aromatic N) is 4. The predicted octanol–water partition coefficient (Wildman–Crippen LogP) is 1.73. The Morgan fingerprint density at radius 1 is 1.43 bits per heavy atom. The SMILES string of the molecule is CCOC(=O)N1CCC12C[N+]1(CCC(c3ccnn3C)CC1)C2. The van der Waals surface area contributed by atoms with Crippen molar-refractivity contribution in [1.82, 2.24) is 14.7 Å². The number of rotatable bonds is 2. The highest BCUT2D eigenvalue weighted by atomic mass is 16.6. The second-order valence-electron chi connectivity index (χ2n) is 7.58. The van der Waals surface area contributed by atoms with Crippen molar-refractivity contribution in [2.45, 2.75) is 37.6 Å². The highest BCUT2D eigenvalue weighted by molar-refractivity contribution is 5.70. The van der Waals surface area contributed by atoms with Crippen LogP contribution in [-0.4, -0.2) is 70.1 Å². The summed E-state index contributed by atoms with van der Waals surface area (Å²) in [6.45, 7) is 7.94. The molecule has 0 unspecified atom stereocenters. The first-order valence-electron chi connectivity index (χ1n) is 8.85.